The molecular weight excluding hydrogens is 253 g/mol. The van der Waals surface area contributed by atoms with E-state index in [1.165, 1.54) is 0 Å². The molecule has 2 nitrogen and oxygen atoms in total. The molecule has 1 atom stereocenters. The SMILES string of the molecule is CCC(O)(I)c1ccccn1. The van der Waals surface area contributed by atoms with Crippen LogP contribution in [0.4, 0.5) is 0 Å². The summed E-state index contributed by atoms with van der Waals surface area (Å²) in [7, 11) is 0. The van der Waals surface area contributed by atoms with Gasteiger partial charge in [0.2, 0.25) is 0 Å². The van der Waals surface area contributed by atoms with E-state index in [0.717, 1.165) is 5.69 Å². The molecule has 60 valence electrons. The molecule has 0 bridgehead atoms. The van der Waals surface area contributed by atoms with Gasteiger partial charge in [-0.05, 0) is 41.1 Å². The second-order valence-corrected chi connectivity index (χ2v) is 4.11. The lowest BCUT2D eigenvalue weighted by Crippen LogP contribution is -2.16. The van der Waals surface area contributed by atoms with Gasteiger partial charge in [-0.25, -0.2) is 0 Å². The van der Waals surface area contributed by atoms with Crippen LogP contribution in [0.2, 0.25) is 0 Å². The Bertz CT molecular complexity index is 223. The van der Waals surface area contributed by atoms with Crippen molar-refractivity contribution in [3.63, 3.8) is 0 Å². The Morgan fingerprint density at radius 1 is 1.64 bits per heavy atom. The van der Waals surface area contributed by atoms with Crippen LogP contribution in [0.25, 0.3) is 0 Å². The number of aromatic nitrogens is 1. The number of alkyl halides is 1. The summed E-state index contributed by atoms with van der Waals surface area (Å²) in [5.41, 5.74) is 0.725. The van der Waals surface area contributed by atoms with Gasteiger partial charge < -0.3 is 5.11 Å². The fourth-order valence-corrected chi connectivity index (χ4v) is 1.09. The second kappa shape index (κ2) is 3.49. The molecule has 0 amide bonds. The molecule has 0 saturated carbocycles. The van der Waals surface area contributed by atoms with Crippen molar-refractivity contribution in [3.8, 4) is 0 Å². The summed E-state index contributed by atoms with van der Waals surface area (Å²) in [5, 5.41) is 9.72. The van der Waals surface area contributed by atoms with E-state index < -0.39 is 3.61 Å². The van der Waals surface area contributed by atoms with E-state index in [0.29, 0.717) is 6.42 Å². The zero-order valence-corrected chi connectivity index (χ0v) is 8.45. The van der Waals surface area contributed by atoms with Gasteiger partial charge in [0.05, 0.1) is 5.69 Å². The summed E-state index contributed by atoms with van der Waals surface area (Å²) in [4.78, 5) is 4.06. The van der Waals surface area contributed by atoms with E-state index >= 15 is 0 Å². The second-order valence-electron chi connectivity index (χ2n) is 2.33. The molecule has 0 spiro atoms. The Kier molecular flexibility index (Phi) is 2.84. The van der Waals surface area contributed by atoms with E-state index in [-0.39, 0.29) is 0 Å². The maximum absolute atomic E-state index is 9.72. The number of nitrogens with zero attached hydrogens (tertiary/aromatic N) is 1. The van der Waals surface area contributed by atoms with Crippen LogP contribution >= 0.6 is 22.6 Å². The summed E-state index contributed by atoms with van der Waals surface area (Å²) in [6, 6.07) is 5.55. The van der Waals surface area contributed by atoms with Crippen molar-refractivity contribution in [3.05, 3.63) is 30.1 Å². The van der Waals surface area contributed by atoms with E-state index in [1.807, 2.05) is 47.7 Å². The monoisotopic (exact) mass is 263 g/mol. The van der Waals surface area contributed by atoms with Gasteiger partial charge in [0, 0.05) is 6.20 Å². The van der Waals surface area contributed by atoms with Gasteiger partial charge in [-0.3, -0.25) is 4.98 Å². The molecule has 11 heavy (non-hydrogen) atoms. The van der Waals surface area contributed by atoms with Gasteiger partial charge in [-0.15, -0.1) is 0 Å². The van der Waals surface area contributed by atoms with Gasteiger partial charge in [0.25, 0.3) is 0 Å². The van der Waals surface area contributed by atoms with Crippen LogP contribution in [0.5, 0.6) is 0 Å². The number of hydrogen-bond acceptors (Lipinski definition) is 2. The number of hydrogen-bond donors (Lipinski definition) is 1. The van der Waals surface area contributed by atoms with Crippen molar-refractivity contribution in [2.24, 2.45) is 0 Å². The molecule has 0 aliphatic rings. The van der Waals surface area contributed by atoms with Crippen molar-refractivity contribution < 1.29 is 5.11 Å². The zero-order chi connectivity index (χ0) is 8.32. The van der Waals surface area contributed by atoms with Crippen molar-refractivity contribution in [2.75, 3.05) is 0 Å². The first-order valence-corrected chi connectivity index (χ1v) is 4.57. The van der Waals surface area contributed by atoms with Gasteiger partial charge in [-0.1, -0.05) is 13.0 Å². The molecule has 0 radical (unpaired) electrons. The highest BCUT2D eigenvalue weighted by Crippen LogP contribution is 2.29. The molecule has 1 aromatic heterocycles. The molecule has 1 heterocycles. The lowest BCUT2D eigenvalue weighted by molar-refractivity contribution is 0.148. The van der Waals surface area contributed by atoms with Gasteiger partial charge in [0.15, 0.2) is 3.61 Å². The van der Waals surface area contributed by atoms with Gasteiger partial charge in [0.1, 0.15) is 0 Å². The molecule has 0 fully saturated rings. The van der Waals surface area contributed by atoms with Crippen LogP contribution < -0.4 is 0 Å². The Labute approximate surface area is 79.8 Å². The van der Waals surface area contributed by atoms with Gasteiger partial charge in [-0.2, -0.15) is 0 Å². The maximum atomic E-state index is 9.72. The minimum Gasteiger partial charge on any atom is -0.374 e. The molecule has 0 saturated heterocycles. The molecule has 0 aromatic carbocycles. The minimum absolute atomic E-state index is 0.671. The topological polar surface area (TPSA) is 33.1 Å². The molecule has 1 aromatic rings. The lowest BCUT2D eigenvalue weighted by atomic mass is 10.2. The maximum Gasteiger partial charge on any atom is 0.157 e. The Morgan fingerprint density at radius 3 is 2.82 bits per heavy atom. The fourth-order valence-electron chi connectivity index (χ4n) is 0.770. The van der Waals surface area contributed by atoms with Crippen LogP contribution in [0.1, 0.15) is 19.0 Å². The van der Waals surface area contributed by atoms with Crippen molar-refractivity contribution in [1.82, 2.24) is 4.98 Å². The fraction of sp³-hybridized carbons (Fsp3) is 0.375. The van der Waals surface area contributed by atoms with Crippen LogP contribution in [0, 0.1) is 0 Å². The molecular formula is C8H10INO. The zero-order valence-electron chi connectivity index (χ0n) is 6.29. The summed E-state index contributed by atoms with van der Waals surface area (Å²) >= 11 is 2.00. The molecule has 3 heteroatoms. The third kappa shape index (κ3) is 2.13. The average molecular weight is 263 g/mol. The first-order valence-electron chi connectivity index (χ1n) is 3.49. The Balaban J connectivity index is 2.93. The molecule has 0 aliphatic heterocycles. The summed E-state index contributed by atoms with van der Waals surface area (Å²) in [6.45, 7) is 1.93. The van der Waals surface area contributed by atoms with Crippen LogP contribution in [0.15, 0.2) is 24.4 Å². The normalized spacial score (nSPS) is 15.9. The van der Waals surface area contributed by atoms with Crippen LogP contribution in [-0.2, 0) is 3.61 Å². The largest absolute Gasteiger partial charge is 0.374 e. The first kappa shape index (κ1) is 8.93. The number of halogens is 1. The number of pyridine rings is 1. The van der Waals surface area contributed by atoms with E-state index in [1.54, 1.807) is 6.20 Å². The van der Waals surface area contributed by atoms with Crippen LogP contribution in [0.3, 0.4) is 0 Å². The smallest absolute Gasteiger partial charge is 0.157 e. The highest BCUT2D eigenvalue weighted by molar-refractivity contribution is 14.1. The molecule has 1 rings (SSSR count). The number of aliphatic hydroxyl groups is 1. The predicted octanol–water partition coefficient (Wildman–Crippen LogP) is 2.07. The Hall–Kier alpha value is -0.160. The first-order chi connectivity index (χ1) is 5.17. The summed E-state index contributed by atoms with van der Waals surface area (Å²) in [5.74, 6) is 0. The van der Waals surface area contributed by atoms with E-state index in [2.05, 4.69) is 4.98 Å². The van der Waals surface area contributed by atoms with Crippen LogP contribution in [-0.4, -0.2) is 10.1 Å². The standard InChI is InChI=1S/C8H10INO/c1-2-8(9,11)7-5-3-4-6-10-7/h3-6,11H,2H2,1H3. The Morgan fingerprint density at radius 2 is 2.36 bits per heavy atom. The van der Waals surface area contributed by atoms with E-state index in [9.17, 15) is 5.11 Å². The summed E-state index contributed by atoms with van der Waals surface area (Å²) < 4.78 is -0.807. The lowest BCUT2D eigenvalue weighted by Gasteiger charge is -2.17. The molecule has 1 N–H and O–H groups in total. The van der Waals surface area contributed by atoms with Crippen molar-refractivity contribution >= 4 is 22.6 Å². The molecule has 1 unspecified atom stereocenters. The average Bonchev–Trinajstić information content (AvgIpc) is 2.06. The van der Waals surface area contributed by atoms with Crippen molar-refractivity contribution in [2.45, 2.75) is 17.0 Å². The highest BCUT2D eigenvalue weighted by atomic mass is 127. The quantitative estimate of drug-likeness (QED) is 0.654. The van der Waals surface area contributed by atoms with Gasteiger partial charge >= 0.3 is 0 Å². The van der Waals surface area contributed by atoms with Crippen molar-refractivity contribution in [1.29, 1.82) is 0 Å². The third-order valence-electron chi connectivity index (χ3n) is 1.53. The highest BCUT2D eigenvalue weighted by Gasteiger charge is 2.23. The predicted molar refractivity (Wildman–Crippen MR) is 52.4 cm³/mol. The molecule has 0 aliphatic carbocycles. The third-order valence-corrected chi connectivity index (χ3v) is 2.84. The minimum atomic E-state index is -0.807. The summed E-state index contributed by atoms with van der Waals surface area (Å²) in [6.07, 6.45) is 2.36. The van der Waals surface area contributed by atoms with E-state index in [4.69, 9.17) is 0 Å². The number of rotatable bonds is 2.